The van der Waals surface area contributed by atoms with Crippen LogP contribution in [0.15, 0.2) is 34.8 Å². The molecule has 28 heavy (non-hydrogen) atoms. The topological polar surface area (TPSA) is 64.8 Å². The van der Waals surface area contributed by atoms with Gasteiger partial charge in [0.25, 0.3) is 5.69 Å². The minimum atomic E-state index is -0.865. The molecule has 1 atom stereocenters. The van der Waals surface area contributed by atoms with Gasteiger partial charge in [0.1, 0.15) is 4.47 Å². The minimum Gasteiger partial charge on any atom is -0.493 e. The highest BCUT2D eigenvalue weighted by atomic mass is 79.9. The monoisotopic (exact) mass is 464 g/mol. The molecule has 8 heteroatoms. The largest absolute Gasteiger partial charge is 0.493 e. The van der Waals surface area contributed by atoms with Crippen LogP contribution in [-0.4, -0.2) is 24.8 Å². The molecule has 0 aromatic heterocycles. The summed E-state index contributed by atoms with van der Waals surface area (Å²) < 4.78 is 12.4. The van der Waals surface area contributed by atoms with Crippen LogP contribution in [0.25, 0.3) is 6.08 Å². The van der Waals surface area contributed by atoms with Crippen molar-refractivity contribution in [1.29, 1.82) is 0 Å². The van der Waals surface area contributed by atoms with Crippen LogP contribution in [0.1, 0.15) is 25.0 Å². The van der Waals surface area contributed by atoms with Crippen LogP contribution in [0.2, 0.25) is 5.02 Å². The summed E-state index contributed by atoms with van der Waals surface area (Å²) in [4.78, 5) is 13.0. The molecule has 0 radical (unpaired) electrons. The number of likely N-dealkylation sites (N-methyl/N-ethyl adjacent to an activating group) is 1. The second-order valence-electron chi connectivity index (χ2n) is 7.36. The molecule has 2 aromatic rings. The Morgan fingerprint density at radius 2 is 2.07 bits per heavy atom. The van der Waals surface area contributed by atoms with Crippen molar-refractivity contribution in [3.63, 3.8) is 0 Å². The Morgan fingerprint density at radius 1 is 1.36 bits per heavy atom. The number of fused-ring (bicyclic) bond motifs is 2. The number of nitro benzene ring substituents is 1. The first-order valence-electron chi connectivity index (χ1n) is 8.61. The molecule has 1 unspecified atom stereocenters. The van der Waals surface area contributed by atoms with Crippen molar-refractivity contribution in [2.45, 2.75) is 25.0 Å². The van der Waals surface area contributed by atoms with E-state index in [4.69, 9.17) is 21.1 Å². The predicted molar refractivity (Wildman–Crippen MR) is 113 cm³/mol. The second kappa shape index (κ2) is 6.12. The van der Waals surface area contributed by atoms with Gasteiger partial charge in [0.15, 0.2) is 11.5 Å². The van der Waals surface area contributed by atoms with Gasteiger partial charge in [-0.05, 0) is 53.6 Å². The quantitative estimate of drug-likeness (QED) is 0.430. The smallest absolute Gasteiger partial charge is 0.288 e. The van der Waals surface area contributed by atoms with Crippen LogP contribution in [-0.2, 0) is 5.41 Å². The molecular weight excluding hydrogens is 448 g/mol. The van der Waals surface area contributed by atoms with Gasteiger partial charge in [-0.15, -0.1) is 0 Å². The summed E-state index contributed by atoms with van der Waals surface area (Å²) in [6.45, 7) is 4.18. The minimum absolute atomic E-state index is 0.0785. The number of hydrogen-bond acceptors (Lipinski definition) is 5. The third kappa shape index (κ3) is 2.26. The van der Waals surface area contributed by atoms with E-state index in [1.165, 1.54) is 13.2 Å². The Balaban J connectivity index is 1.95. The highest BCUT2D eigenvalue weighted by Crippen LogP contribution is 2.58. The third-order valence-electron chi connectivity index (χ3n) is 5.74. The van der Waals surface area contributed by atoms with Gasteiger partial charge < -0.3 is 14.4 Å². The molecule has 6 nitrogen and oxygen atoms in total. The zero-order valence-corrected chi connectivity index (χ0v) is 18.1. The average Bonchev–Trinajstić information content (AvgIpc) is 2.81. The number of methoxy groups -OCH3 is 1. The van der Waals surface area contributed by atoms with Gasteiger partial charge in [-0.1, -0.05) is 23.7 Å². The van der Waals surface area contributed by atoms with E-state index in [2.05, 4.69) is 29.8 Å². The molecule has 4 rings (SSSR count). The first kappa shape index (κ1) is 19.1. The second-order valence-corrected chi connectivity index (χ2v) is 8.56. The maximum atomic E-state index is 11.4. The number of ether oxygens (including phenoxy) is 2. The van der Waals surface area contributed by atoms with Gasteiger partial charge in [0.05, 0.1) is 34.2 Å². The highest BCUT2D eigenvalue weighted by molar-refractivity contribution is 9.10. The average molecular weight is 466 g/mol. The molecule has 0 saturated carbocycles. The first-order valence-corrected chi connectivity index (χ1v) is 9.78. The van der Waals surface area contributed by atoms with E-state index >= 15 is 0 Å². The molecule has 2 aliphatic rings. The van der Waals surface area contributed by atoms with E-state index in [1.54, 1.807) is 0 Å². The zero-order chi connectivity index (χ0) is 20.4. The standard InChI is InChI=1S/C20H18BrClN2O4/c1-19(2)12-6-5-7-13(22)17(12)23(3)20(19)9-8-11-16(21)14(24(25)26)10-15(27-4)18(11)28-20/h5-10H,1-4H3. The summed E-state index contributed by atoms with van der Waals surface area (Å²) in [6.07, 6.45) is 3.77. The van der Waals surface area contributed by atoms with Crippen LogP contribution in [0.5, 0.6) is 11.5 Å². The Bertz CT molecular complexity index is 1050. The van der Waals surface area contributed by atoms with Crippen molar-refractivity contribution in [3.05, 3.63) is 61.1 Å². The van der Waals surface area contributed by atoms with E-state index in [-0.39, 0.29) is 5.69 Å². The molecular formula is C20H18BrClN2O4. The molecule has 0 aliphatic carbocycles. The number of benzene rings is 2. The zero-order valence-electron chi connectivity index (χ0n) is 15.7. The fourth-order valence-electron chi connectivity index (χ4n) is 4.20. The number of hydrogen-bond donors (Lipinski definition) is 0. The first-order chi connectivity index (χ1) is 13.2. The third-order valence-corrected chi connectivity index (χ3v) is 6.88. The number of nitro groups is 1. The number of anilines is 1. The number of rotatable bonds is 2. The summed E-state index contributed by atoms with van der Waals surface area (Å²) in [7, 11) is 3.40. The fraction of sp³-hybridized carbons (Fsp3) is 0.300. The predicted octanol–water partition coefficient (Wildman–Crippen LogP) is 5.55. The lowest BCUT2D eigenvalue weighted by atomic mass is 9.76. The molecule has 0 saturated heterocycles. The summed E-state index contributed by atoms with van der Waals surface area (Å²) in [6, 6.07) is 7.20. The van der Waals surface area contributed by atoms with E-state index in [1.807, 2.05) is 42.3 Å². The van der Waals surface area contributed by atoms with E-state index in [9.17, 15) is 10.1 Å². The fourth-order valence-corrected chi connectivity index (χ4v) is 5.08. The summed E-state index contributed by atoms with van der Waals surface area (Å²) in [5.41, 5.74) is 1.15. The van der Waals surface area contributed by atoms with Gasteiger partial charge in [0, 0.05) is 12.6 Å². The molecule has 0 fully saturated rings. The molecule has 0 N–H and O–H groups in total. The van der Waals surface area contributed by atoms with Gasteiger partial charge in [-0.3, -0.25) is 10.1 Å². The number of nitrogens with zero attached hydrogens (tertiary/aromatic N) is 2. The summed E-state index contributed by atoms with van der Waals surface area (Å²) >= 11 is 9.85. The van der Waals surface area contributed by atoms with Crippen molar-refractivity contribution in [2.75, 3.05) is 19.1 Å². The van der Waals surface area contributed by atoms with Crippen LogP contribution in [0.3, 0.4) is 0 Å². The van der Waals surface area contributed by atoms with Crippen LogP contribution < -0.4 is 14.4 Å². The molecule has 0 bridgehead atoms. The van der Waals surface area contributed by atoms with Crippen molar-refractivity contribution >= 4 is 45.0 Å². The Hall–Kier alpha value is -2.25. The van der Waals surface area contributed by atoms with Crippen molar-refractivity contribution in [2.24, 2.45) is 0 Å². The molecule has 0 amide bonds. The van der Waals surface area contributed by atoms with E-state index < -0.39 is 16.1 Å². The lowest BCUT2D eigenvalue weighted by molar-refractivity contribution is -0.385. The Morgan fingerprint density at radius 3 is 2.68 bits per heavy atom. The van der Waals surface area contributed by atoms with Crippen molar-refractivity contribution in [3.8, 4) is 11.5 Å². The summed E-state index contributed by atoms with van der Waals surface area (Å²) in [5.74, 6) is 0.756. The summed E-state index contributed by atoms with van der Waals surface area (Å²) in [5, 5.41) is 12.0. The lowest BCUT2D eigenvalue weighted by Gasteiger charge is -2.46. The van der Waals surface area contributed by atoms with Gasteiger partial charge >= 0.3 is 0 Å². The highest BCUT2D eigenvalue weighted by Gasteiger charge is 2.58. The van der Waals surface area contributed by atoms with Gasteiger partial charge in [-0.2, -0.15) is 0 Å². The maximum absolute atomic E-state index is 11.4. The maximum Gasteiger partial charge on any atom is 0.288 e. The number of halogens is 2. The van der Waals surface area contributed by atoms with Crippen molar-refractivity contribution < 1.29 is 14.4 Å². The molecule has 1 spiro atoms. The molecule has 2 aliphatic heterocycles. The normalized spacial score (nSPS) is 21.3. The van der Waals surface area contributed by atoms with Crippen molar-refractivity contribution in [1.82, 2.24) is 0 Å². The number of para-hydroxylation sites is 1. The molecule has 146 valence electrons. The van der Waals surface area contributed by atoms with E-state index in [0.29, 0.717) is 26.6 Å². The van der Waals surface area contributed by atoms with Crippen LogP contribution >= 0.6 is 27.5 Å². The lowest BCUT2D eigenvalue weighted by Crippen LogP contribution is -2.58. The van der Waals surface area contributed by atoms with Gasteiger partial charge in [0.2, 0.25) is 5.72 Å². The van der Waals surface area contributed by atoms with Crippen LogP contribution in [0, 0.1) is 10.1 Å². The SMILES string of the molecule is COc1cc([N+](=O)[O-])c(Br)c2c1OC1(C=C2)N(C)c2c(Cl)cccc2C1(C)C. The molecule has 2 heterocycles. The van der Waals surface area contributed by atoms with Gasteiger partial charge in [-0.25, -0.2) is 0 Å². The molecule has 2 aromatic carbocycles. The van der Waals surface area contributed by atoms with E-state index in [0.717, 1.165) is 11.3 Å². The Labute approximate surface area is 176 Å². The Kier molecular flexibility index (Phi) is 4.17. The van der Waals surface area contributed by atoms with Crippen LogP contribution in [0.4, 0.5) is 11.4 Å².